The van der Waals surface area contributed by atoms with E-state index >= 15 is 0 Å². The van der Waals surface area contributed by atoms with Crippen LogP contribution in [-0.4, -0.2) is 73.6 Å². The summed E-state index contributed by atoms with van der Waals surface area (Å²) in [7, 11) is 0. The van der Waals surface area contributed by atoms with Gasteiger partial charge in [-0.25, -0.2) is 18.4 Å². The molecule has 2 aromatic rings. The number of urea groups is 1. The number of amides is 2. The number of aliphatic carboxylic acids is 1. The Balaban J connectivity index is 2.00. The van der Waals surface area contributed by atoms with Gasteiger partial charge in [-0.1, -0.05) is 25.1 Å². The first-order chi connectivity index (χ1) is 18.5. The first kappa shape index (κ1) is 32.0. The maximum Gasteiger partial charge on any atom is 0.333 e. The molecule has 0 aliphatic rings. The molecule has 216 valence electrons. The van der Waals surface area contributed by atoms with Gasteiger partial charge in [0.2, 0.25) is 0 Å². The van der Waals surface area contributed by atoms with Crippen molar-refractivity contribution in [2.24, 2.45) is 0 Å². The number of halogens is 2. The van der Waals surface area contributed by atoms with E-state index in [1.807, 2.05) is 32.9 Å². The lowest BCUT2D eigenvalue weighted by atomic mass is 10.1. The number of ether oxygens (including phenoxy) is 3. The van der Waals surface area contributed by atoms with Gasteiger partial charge in [0.15, 0.2) is 6.10 Å². The molecule has 2 rings (SSSR count). The van der Waals surface area contributed by atoms with Crippen molar-refractivity contribution >= 4 is 17.7 Å². The van der Waals surface area contributed by atoms with Gasteiger partial charge >= 0.3 is 12.0 Å². The van der Waals surface area contributed by atoms with Crippen molar-refractivity contribution in [3.8, 4) is 5.75 Å². The average molecular weight is 551 g/mol. The number of alkyl halides is 2. The van der Waals surface area contributed by atoms with Gasteiger partial charge in [-0.05, 0) is 68.1 Å². The predicted octanol–water partition coefficient (Wildman–Crippen LogP) is 5.62. The number of anilines is 1. The minimum atomic E-state index is -2.91. The highest BCUT2D eigenvalue weighted by atomic mass is 19.3. The van der Waals surface area contributed by atoms with Gasteiger partial charge in [-0.3, -0.25) is 0 Å². The van der Waals surface area contributed by atoms with Crippen LogP contribution in [-0.2, 0) is 20.7 Å². The number of rotatable bonds is 16. The van der Waals surface area contributed by atoms with Crippen molar-refractivity contribution in [3.05, 3.63) is 58.7 Å². The molecule has 10 heteroatoms. The van der Waals surface area contributed by atoms with E-state index in [-0.39, 0.29) is 45.2 Å². The van der Waals surface area contributed by atoms with Crippen LogP contribution in [0.5, 0.6) is 5.75 Å². The SMILES string of the molecule is CCOC(Cc1ccc(OCCN(CCOCC(F)(F)CC)C(=O)Nc2cc(C)c(C)cc2C)cc1)C(=O)O. The standard InChI is InChI=1S/C29H40F2N2O6/c1-6-29(30,31)19-37-14-12-33(28(36)32-25-17-21(4)20(3)16-22(25)5)13-15-39-24-10-8-23(9-11-24)18-26(27(34)35)38-7-2/h8-11,16-17,26H,6-7,12-15,18-19H2,1-5H3,(H,32,36)(H,34,35). The molecule has 0 aromatic heterocycles. The van der Waals surface area contributed by atoms with Crippen LogP contribution in [0.3, 0.4) is 0 Å². The van der Waals surface area contributed by atoms with Crippen LogP contribution in [0.2, 0.25) is 0 Å². The van der Waals surface area contributed by atoms with E-state index in [9.17, 15) is 23.5 Å². The monoisotopic (exact) mass is 550 g/mol. The molecule has 0 heterocycles. The maximum absolute atomic E-state index is 13.5. The smallest absolute Gasteiger partial charge is 0.333 e. The molecular formula is C29H40F2N2O6. The molecule has 1 atom stereocenters. The number of benzene rings is 2. The Bertz CT molecular complexity index is 1080. The fourth-order valence-corrected chi connectivity index (χ4v) is 3.73. The minimum absolute atomic E-state index is 0.0474. The third kappa shape index (κ3) is 10.8. The highest BCUT2D eigenvalue weighted by molar-refractivity contribution is 5.90. The molecule has 0 aliphatic heterocycles. The van der Waals surface area contributed by atoms with E-state index in [1.165, 1.54) is 11.8 Å². The summed E-state index contributed by atoms with van der Waals surface area (Å²) >= 11 is 0. The van der Waals surface area contributed by atoms with E-state index < -0.39 is 24.6 Å². The third-order valence-corrected chi connectivity index (χ3v) is 6.32. The van der Waals surface area contributed by atoms with Gasteiger partial charge < -0.3 is 29.5 Å². The lowest BCUT2D eigenvalue weighted by Crippen LogP contribution is -2.40. The van der Waals surface area contributed by atoms with Gasteiger partial charge in [-0.15, -0.1) is 0 Å². The number of carbonyl (C=O) groups is 2. The fraction of sp³-hybridized carbons (Fsp3) is 0.517. The topological polar surface area (TPSA) is 97.3 Å². The minimum Gasteiger partial charge on any atom is -0.492 e. The number of carbonyl (C=O) groups excluding carboxylic acids is 1. The fourth-order valence-electron chi connectivity index (χ4n) is 3.73. The Labute approximate surface area is 229 Å². The van der Waals surface area contributed by atoms with Gasteiger partial charge in [0.05, 0.1) is 13.2 Å². The molecule has 2 aromatic carbocycles. The number of nitrogens with zero attached hydrogens (tertiary/aromatic N) is 1. The van der Waals surface area contributed by atoms with Crippen molar-refractivity contribution in [1.29, 1.82) is 0 Å². The molecule has 2 amide bonds. The number of carboxylic acid groups (broad SMARTS) is 1. The molecule has 0 saturated carbocycles. The third-order valence-electron chi connectivity index (χ3n) is 6.32. The number of carboxylic acids is 1. The Morgan fingerprint density at radius 3 is 2.26 bits per heavy atom. The molecule has 1 unspecified atom stereocenters. The average Bonchev–Trinajstić information content (AvgIpc) is 2.89. The summed E-state index contributed by atoms with van der Waals surface area (Å²) < 4.78 is 43.3. The maximum atomic E-state index is 13.5. The Morgan fingerprint density at radius 2 is 1.64 bits per heavy atom. The molecule has 0 saturated heterocycles. The number of hydrogen-bond donors (Lipinski definition) is 2. The van der Waals surface area contributed by atoms with E-state index in [2.05, 4.69) is 5.32 Å². The van der Waals surface area contributed by atoms with Gasteiger partial charge in [-0.2, -0.15) is 0 Å². The van der Waals surface area contributed by atoms with E-state index in [0.717, 1.165) is 22.3 Å². The molecule has 0 bridgehead atoms. The van der Waals surface area contributed by atoms with Crippen LogP contribution in [0.25, 0.3) is 0 Å². The highest BCUT2D eigenvalue weighted by Crippen LogP contribution is 2.21. The summed E-state index contributed by atoms with van der Waals surface area (Å²) in [5.74, 6) is -3.38. The Hall–Kier alpha value is -3.24. The van der Waals surface area contributed by atoms with Crippen LogP contribution in [0.4, 0.5) is 19.3 Å². The van der Waals surface area contributed by atoms with Gasteiger partial charge in [0.25, 0.3) is 5.92 Å². The first-order valence-electron chi connectivity index (χ1n) is 13.1. The van der Waals surface area contributed by atoms with Crippen molar-refractivity contribution in [2.75, 3.05) is 44.8 Å². The molecule has 0 aliphatic carbocycles. The predicted molar refractivity (Wildman–Crippen MR) is 146 cm³/mol. The summed E-state index contributed by atoms with van der Waals surface area (Å²) in [5, 5.41) is 12.2. The second-order valence-corrected chi connectivity index (χ2v) is 9.41. The highest BCUT2D eigenvalue weighted by Gasteiger charge is 2.26. The van der Waals surface area contributed by atoms with Gasteiger partial charge in [0.1, 0.15) is 19.0 Å². The molecular weight excluding hydrogens is 510 g/mol. The van der Waals surface area contributed by atoms with Crippen molar-refractivity contribution in [2.45, 2.75) is 59.5 Å². The van der Waals surface area contributed by atoms with Crippen LogP contribution in [0.15, 0.2) is 36.4 Å². The van der Waals surface area contributed by atoms with E-state index in [1.54, 1.807) is 31.2 Å². The van der Waals surface area contributed by atoms with Crippen molar-refractivity contribution < 1.29 is 37.7 Å². The molecule has 0 fully saturated rings. The lowest BCUT2D eigenvalue weighted by Gasteiger charge is -2.24. The Kier molecular flexibility index (Phi) is 12.6. The summed E-state index contributed by atoms with van der Waals surface area (Å²) in [6.45, 7) is 8.99. The zero-order valence-corrected chi connectivity index (χ0v) is 23.4. The second-order valence-electron chi connectivity index (χ2n) is 9.41. The number of aryl methyl sites for hydroxylation is 3. The number of hydrogen-bond acceptors (Lipinski definition) is 5. The second kappa shape index (κ2) is 15.4. The molecule has 2 N–H and O–H groups in total. The van der Waals surface area contributed by atoms with Crippen molar-refractivity contribution in [1.82, 2.24) is 4.90 Å². The van der Waals surface area contributed by atoms with Crippen LogP contribution in [0.1, 0.15) is 42.5 Å². The normalized spacial score (nSPS) is 12.2. The summed E-state index contributed by atoms with van der Waals surface area (Å²) in [6.07, 6.45) is -1.01. The summed E-state index contributed by atoms with van der Waals surface area (Å²) in [5.41, 5.74) is 4.53. The van der Waals surface area contributed by atoms with Crippen molar-refractivity contribution in [3.63, 3.8) is 0 Å². The van der Waals surface area contributed by atoms with Gasteiger partial charge in [0, 0.05) is 31.7 Å². The van der Waals surface area contributed by atoms with E-state index in [4.69, 9.17) is 14.2 Å². The Morgan fingerprint density at radius 1 is 1.00 bits per heavy atom. The first-order valence-corrected chi connectivity index (χ1v) is 13.1. The van der Waals surface area contributed by atoms with Crippen LogP contribution >= 0.6 is 0 Å². The zero-order chi connectivity index (χ0) is 29.0. The zero-order valence-electron chi connectivity index (χ0n) is 23.4. The molecule has 8 nitrogen and oxygen atoms in total. The van der Waals surface area contributed by atoms with E-state index in [0.29, 0.717) is 18.0 Å². The molecule has 39 heavy (non-hydrogen) atoms. The largest absolute Gasteiger partial charge is 0.492 e. The lowest BCUT2D eigenvalue weighted by molar-refractivity contribution is -0.149. The molecule has 0 radical (unpaired) electrons. The summed E-state index contributed by atoms with van der Waals surface area (Å²) in [6, 6.07) is 10.5. The van der Waals surface area contributed by atoms with Crippen LogP contribution in [0, 0.1) is 20.8 Å². The quantitative estimate of drug-likeness (QED) is 0.264. The van der Waals surface area contributed by atoms with Crippen LogP contribution < -0.4 is 10.1 Å². The number of nitrogens with one attached hydrogen (secondary N) is 1. The molecule has 0 spiro atoms. The summed E-state index contributed by atoms with van der Waals surface area (Å²) in [4.78, 5) is 25.9.